The number of carboxylic acids is 1. The number of nitrogens with one attached hydrogen (secondary N) is 1. The third-order valence-corrected chi connectivity index (χ3v) is 3.03. The molecule has 0 fully saturated rings. The molecule has 2 N–H and O–H groups in total. The second-order valence-corrected chi connectivity index (χ2v) is 4.88. The predicted octanol–water partition coefficient (Wildman–Crippen LogP) is 2.51. The molecule has 0 saturated heterocycles. The van der Waals surface area contributed by atoms with Crippen LogP contribution in [-0.4, -0.2) is 23.0 Å². The van der Waals surface area contributed by atoms with Gasteiger partial charge in [0.15, 0.2) is 0 Å². The molecule has 124 valence electrons. The zero-order valence-corrected chi connectivity index (χ0v) is 12.1. The van der Waals surface area contributed by atoms with Crippen molar-refractivity contribution in [3.8, 4) is 6.07 Å². The monoisotopic (exact) mass is 328 g/mol. The van der Waals surface area contributed by atoms with E-state index in [9.17, 15) is 22.8 Å². The normalized spacial score (nSPS) is 12.3. The van der Waals surface area contributed by atoms with Crippen molar-refractivity contribution < 1.29 is 27.9 Å². The Morgan fingerprint density at radius 3 is 2.61 bits per heavy atom. The van der Waals surface area contributed by atoms with Gasteiger partial charge in [-0.1, -0.05) is 18.2 Å². The Hall–Kier alpha value is -2.56. The van der Waals surface area contributed by atoms with Crippen LogP contribution in [0, 0.1) is 11.3 Å². The number of halogens is 3. The second kappa shape index (κ2) is 8.17. The van der Waals surface area contributed by atoms with E-state index in [1.807, 2.05) is 6.07 Å². The number of nitriles is 1. The van der Waals surface area contributed by atoms with Crippen molar-refractivity contribution in [1.82, 2.24) is 5.32 Å². The van der Waals surface area contributed by atoms with E-state index in [-0.39, 0.29) is 24.8 Å². The first-order valence-electron chi connectivity index (χ1n) is 6.79. The lowest BCUT2D eigenvalue weighted by Crippen LogP contribution is -2.41. The zero-order chi connectivity index (χ0) is 17.5. The molecule has 1 rings (SSSR count). The summed E-state index contributed by atoms with van der Waals surface area (Å²) in [5.41, 5.74) is -0.731. The number of alkyl halides is 3. The summed E-state index contributed by atoms with van der Waals surface area (Å²) in [4.78, 5) is 22.8. The van der Waals surface area contributed by atoms with Gasteiger partial charge in [-0.3, -0.25) is 4.79 Å². The average Bonchev–Trinajstić information content (AvgIpc) is 2.45. The fourth-order valence-electron chi connectivity index (χ4n) is 1.93. The number of unbranched alkanes of at least 4 members (excludes halogenated alkanes) is 1. The average molecular weight is 328 g/mol. The van der Waals surface area contributed by atoms with Gasteiger partial charge in [0.2, 0.25) is 5.91 Å². The van der Waals surface area contributed by atoms with Crippen molar-refractivity contribution in [3.63, 3.8) is 0 Å². The Bertz CT molecular complexity index is 609. The van der Waals surface area contributed by atoms with Gasteiger partial charge >= 0.3 is 12.1 Å². The highest BCUT2D eigenvalue weighted by atomic mass is 19.4. The Kier molecular flexibility index (Phi) is 6.57. The van der Waals surface area contributed by atoms with Crippen LogP contribution in [-0.2, 0) is 22.2 Å². The molecule has 0 unspecified atom stereocenters. The van der Waals surface area contributed by atoms with Crippen LogP contribution in [0.3, 0.4) is 0 Å². The number of hydrogen-bond donors (Lipinski definition) is 2. The zero-order valence-electron chi connectivity index (χ0n) is 12.1. The molecule has 8 heteroatoms. The van der Waals surface area contributed by atoms with Crippen molar-refractivity contribution in [1.29, 1.82) is 5.26 Å². The lowest BCUT2D eigenvalue weighted by atomic mass is 10.1. The molecule has 1 aromatic rings. The van der Waals surface area contributed by atoms with E-state index >= 15 is 0 Å². The Labute approximate surface area is 130 Å². The van der Waals surface area contributed by atoms with Crippen LogP contribution in [0.5, 0.6) is 0 Å². The lowest BCUT2D eigenvalue weighted by Gasteiger charge is -2.14. The van der Waals surface area contributed by atoms with Gasteiger partial charge in [0.1, 0.15) is 6.04 Å². The molecule has 0 spiro atoms. The molecule has 1 amide bonds. The van der Waals surface area contributed by atoms with Crippen molar-refractivity contribution in [2.75, 3.05) is 0 Å². The third-order valence-electron chi connectivity index (χ3n) is 3.03. The molecule has 0 aliphatic rings. The number of carbonyl (C=O) groups excluding carboxylic acids is 1. The second-order valence-electron chi connectivity index (χ2n) is 4.88. The minimum Gasteiger partial charge on any atom is -0.480 e. The number of carboxylic acid groups (broad SMARTS) is 1. The van der Waals surface area contributed by atoms with Crippen molar-refractivity contribution in [3.05, 3.63) is 35.4 Å². The van der Waals surface area contributed by atoms with Crippen molar-refractivity contribution >= 4 is 11.9 Å². The molecule has 1 atom stereocenters. The smallest absolute Gasteiger partial charge is 0.416 e. The van der Waals surface area contributed by atoms with Crippen LogP contribution in [0.4, 0.5) is 13.2 Å². The molecule has 5 nitrogen and oxygen atoms in total. The number of aliphatic carboxylic acids is 1. The first-order valence-corrected chi connectivity index (χ1v) is 6.79. The molecule has 23 heavy (non-hydrogen) atoms. The van der Waals surface area contributed by atoms with E-state index in [1.54, 1.807) is 0 Å². The molecule has 0 aliphatic carbocycles. The first-order chi connectivity index (χ1) is 10.7. The van der Waals surface area contributed by atoms with Gasteiger partial charge in [0.25, 0.3) is 0 Å². The maximum Gasteiger partial charge on any atom is 0.416 e. The summed E-state index contributed by atoms with van der Waals surface area (Å²) in [5.74, 6) is -1.94. The molecule has 1 aromatic carbocycles. The Morgan fingerprint density at radius 1 is 1.35 bits per heavy atom. The Balaban J connectivity index is 2.68. The number of nitrogens with zero attached hydrogens (tertiary/aromatic N) is 1. The molecule has 0 saturated carbocycles. The number of carbonyl (C=O) groups is 2. The molecular weight excluding hydrogens is 313 g/mol. The quantitative estimate of drug-likeness (QED) is 0.753. The van der Waals surface area contributed by atoms with E-state index in [4.69, 9.17) is 10.4 Å². The summed E-state index contributed by atoms with van der Waals surface area (Å²) >= 11 is 0. The summed E-state index contributed by atoms with van der Waals surface area (Å²) in [7, 11) is 0. The molecule has 0 aromatic heterocycles. The van der Waals surface area contributed by atoms with Crippen LogP contribution in [0.25, 0.3) is 0 Å². The topological polar surface area (TPSA) is 90.2 Å². The van der Waals surface area contributed by atoms with E-state index in [0.717, 1.165) is 12.1 Å². The van der Waals surface area contributed by atoms with E-state index in [0.29, 0.717) is 6.42 Å². The van der Waals surface area contributed by atoms with Gasteiger partial charge in [-0.15, -0.1) is 0 Å². The van der Waals surface area contributed by atoms with Crippen molar-refractivity contribution in [2.24, 2.45) is 0 Å². The highest BCUT2D eigenvalue weighted by Gasteiger charge is 2.30. The fraction of sp³-hybridized carbons (Fsp3) is 0.400. The summed E-state index contributed by atoms with van der Waals surface area (Å²) in [6, 6.07) is 4.99. The molecule has 0 aliphatic heterocycles. The molecular formula is C15H15F3N2O3. The molecule has 0 bridgehead atoms. The highest BCUT2D eigenvalue weighted by molar-refractivity contribution is 5.84. The summed E-state index contributed by atoms with van der Waals surface area (Å²) in [6.45, 7) is 0. The maximum atomic E-state index is 12.6. The van der Waals surface area contributed by atoms with Crippen LogP contribution < -0.4 is 5.32 Å². The van der Waals surface area contributed by atoms with Crippen molar-refractivity contribution in [2.45, 2.75) is 37.9 Å². The summed E-state index contributed by atoms with van der Waals surface area (Å²) < 4.78 is 37.8. The van der Waals surface area contributed by atoms with Gasteiger partial charge < -0.3 is 10.4 Å². The number of rotatable bonds is 7. The fourth-order valence-corrected chi connectivity index (χ4v) is 1.93. The van der Waals surface area contributed by atoms with E-state index in [2.05, 4.69) is 5.32 Å². The first kappa shape index (κ1) is 18.5. The number of amides is 1. The largest absolute Gasteiger partial charge is 0.480 e. The van der Waals surface area contributed by atoms with Gasteiger partial charge in [0.05, 0.1) is 18.1 Å². The highest BCUT2D eigenvalue weighted by Crippen LogP contribution is 2.29. The maximum absolute atomic E-state index is 12.6. The van der Waals surface area contributed by atoms with Crippen LogP contribution in [0.1, 0.15) is 30.4 Å². The summed E-state index contributed by atoms with van der Waals surface area (Å²) in [5, 5.41) is 19.7. The van der Waals surface area contributed by atoms with Gasteiger partial charge in [-0.25, -0.2) is 4.79 Å². The molecule has 0 radical (unpaired) electrons. The summed E-state index contributed by atoms with van der Waals surface area (Å²) in [6.07, 6.45) is -4.32. The minimum absolute atomic E-state index is 0.0806. The lowest BCUT2D eigenvalue weighted by molar-refractivity contribution is -0.142. The Morgan fingerprint density at radius 2 is 2.04 bits per heavy atom. The third kappa shape index (κ3) is 6.38. The SMILES string of the molecule is N#CCCC[C@H](NC(=O)Cc1cccc(C(F)(F)F)c1)C(=O)O. The van der Waals surface area contributed by atoms with Crippen LogP contribution in [0.2, 0.25) is 0 Å². The standard InChI is InChI=1S/C15H15F3N2O3/c16-15(17,18)11-5-3-4-10(8-11)9-13(21)20-12(14(22)23)6-1-2-7-19/h3-5,8,12H,1-2,6,9H2,(H,20,21)(H,22,23)/t12-/m0/s1. The molecule has 0 heterocycles. The van der Waals surface area contributed by atoms with Gasteiger partial charge in [0, 0.05) is 6.42 Å². The van der Waals surface area contributed by atoms with E-state index < -0.39 is 29.7 Å². The van der Waals surface area contributed by atoms with Gasteiger partial charge in [-0.05, 0) is 24.5 Å². The van der Waals surface area contributed by atoms with Crippen LogP contribution >= 0.6 is 0 Å². The minimum atomic E-state index is -4.51. The predicted molar refractivity (Wildman–Crippen MR) is 74.2 cm³/mol. The number of hydrogen-bond acceptors (Lipinski definition) is 3. The van der Waals surface area contributed by atoms with Gasteiger partial charge in [-0.2, -0.15) is 18.4 Å². The number of benzene rings is 1. The van der Waals surface area contributed by atoms with Crippen LogP contribution in [0.15, 0.2) is 24.3 Å². The van der Waals surface area contributed by atoms with E-state index in [1.165, 1.54) is 12.1 Å².